The Morgan fingerprint density at radius 3 is 0.953 bits per heavy atom. The molecule has 506 valence electrons. The molecule has 0 heterocycles. The van der Waals surface area contributed by atoms with E-state index in [-0.39, 0.29) is 19.1 Å². The summed E-state index contributed by atoms with van der Waals surface area (Å²) in [5.74, 6) is -0.197. The van der Waals surface area contributed by atoms with E-state index < -0.39 is 20.0 Å². The molecule has 1 amide bonds. The van der Waals surface area contributed by atoms with Crippen molar-refractivity contribution in [3.63, 3.8) is 0 Å². The minimum absolute atomic E-state index is 0.00334. The maximum absolute atomic E-state index is 13.1. The SMILES string of the molecule is CCCCCCCCCCCCCCCCCCCCCC/C=C/CC/C=C/C(O)C(COP(=O)([O-])OCC[N+](C)(C)C)NC(=O)CCCCCCCCCCCCCCCCCCCCCCCCCCCCCCCCCCCCCCC. The molecular weight excluding hydrogens is 1070 g/mol. The van der Waals surface area contributed by atoms with Crippen molar-refractivity contribution in [1.82, 2.24) is 5.32 Å². The van der Waals surface area contributed by atoms with E-state index in [1.54, 1.807) is 6.08 Å². The van der Waals surface area contributed by atoms with E-state index in [1.165, 1.54) is 347 Å². The van der Waals surface area contributed by atoms with Gasteiger partial charge in [0.2, 0.25) is 5.91 Å². The molecule has 9 heteroatoms. The Balaban J connectivity index is 3.96. The van der Waals surface area contributed by atoms with Crippen LogP contribution in [-0.2, 0) is 18.4 Å². The number of nitrogens with zero attached hydrogens (tertiary/aromatic N) is 1. The van der Waals surface area contributed by atoms with Crippen molar-refractivity contribution in [2.75, 3.05) is 40.9 Å². The Hall–Kier alpha value is -1.02. The third-order valence-corrected chi connectivity index (χ3v) is 18.9. The minimum atomic E-state index is -4.61. The van der Waals surface area contributed by atoms with Gasteiger partial charge in [-0.25, -0.2) is 0 Å². The number of carbonyl (C=O) groups is 1. The molecule has 0 bridgehead atoms. The maximum atomic E-state index is 13.1. The Kier molecular flexibility index (Phi) is 66.6. The predicted molar refractivity (Wildman–Crippen MR) is 372 cm³/mol. The van der Waals surface area contributed by atoms with Crippen LogP contribution in [0.2, 0.25) is 0 Å². The van der Waals surface area contributed by atoms with Gasteiger partial charge >= 0.3 is 0 Å². The zero-order valence-corrected chi connectivity index (χ0v) is 59.0. The van der Waals surface area contributed by atoms with E-state index in [0.29, 0.717) is 17.4 Å². The fraction of sp³-hybridized carbons (Fsp3) is 0.934. The Bertz CT molecular complexity index is 1430. The van der Waals surface area contributed by atoms with Crippen LogP contribution in [0.1, 0.15) is 406 Å². The lowest BCUT2D eigenvalue weighted by molar-refractivity contribution is -0.870. The molecule has 2 N–H and O–H groups in total. The molecule has 0 fully saturated rings. The Morgan fingerprint density at radius 2 is 0.659 bits per heavy atom. The van der Waals surface area contributed by atoms with E-state index in [9.17, 15) is 19.4 Å². The number of amides is 1. The molecule has 0 spiro atoms. The van der Waals surface area contributed by atoms with Gasteiger partial charge in [-0.15, -0.1) is 0 Å². The van der Waals surface area contributed by atoms with Gasteiger partial charge in [0, 0.05) is 6.42 Å². The van der Waals surface area contributed by atoms with Crippen molar-refractivity contribution in [2.24, 2.45) is 0 Å². The van der Waals surface area contributed by atoms with Crippen molar-refractivity contribution in [2.45, 2.75) is 418 Å². The second-order valence-corrected chi connectivity index (χ2v) is 29.1. The first kappa shape index (κ1) is 84.0. The van der Waals surface area contributed by atoms with Crippen molar-refractivity contribution < 1.29 is 32.9 Å². The van der Waals surface area contributed by atoms with Crippen LogP contribution >= 0.6 is 7.82 Å². The van der Waals surface area contributed by atoms with Crippen LogP contribution < -0.4 is 10.2 Å². The second-order valence-electron chi connectivity index (χ2n) is 27.7. The number of hydrogen-bond donors (Lipinski definition) is 2. The molecule has 0 saturated carbocycles. The average Bonchev–Trinajstić information content (AvgIpc) is 3.49. The molecule has 0 aliphatic heterocycles. The minimum Gasteiger partial charge on any atom is -0.756 e. The van der Waals surface area contributed by atoms with E-state index in [0.717, 1.165) is 38.5 Å². The fourth-order valence-electron chi connectivity index (χ4n) is 12.0. The summed E-state index contributed by atoms with van der Waals surface area (Å²) in [5, 5.41) is 14.0. The van der Waals surface area contributed by atoms with Crippen LogP contribution in [-0.4, -0.2) is 68.5 Å². The quantitative estimate of drug-likeness (QED) is 0.0272. The Morgan fingerprint density at radius 1 is 0.400 bits per heavy atom. The lowest BCUT2D eigenvalue weighted by Crippen LogP contribution is -2.45. The van der Waals surface area contributed by atoms with Crippen LogP contribution in [0.5, 0.6) is 0 Å². The third kappa shape index (κ3) is 70.3. The van der Waals surface area contributed by atoms with Gasteiger partial charge < -0.3 is 28.8 Å². The predicted octanol–water partition coefficient (Wildman–Crippen LogP) is 24.0. The monoisotopic (exact) mass is 1220 g/mol. The topological polar surface area (TPSA) is 108 Å². The number of quaternary nitrogens is 1. The summed E-state index contributed by atoms with van der Waals surface area (Å²) in [6.45, 7) is 4.70. The summed E-state index contributed by atoms with van der Waals surface area (Å²) in [5.41, 5.74) is 0. The van der Waals surface area contributed by atoms with Gasteiger partial charge in [-0.1, -0.05) is 391 Å². The maximum Gasteiger partial charge on any atom is 0.268 e. The number of phosphoric acid groups is 1. The molecular formula is C76H151N2O6P. The van der Waals surface area contributed by atoms with Gasteiger partial charge in [0.1, 0.15) is 13.2 Å². The summed E-state index contributed by atoms with van der Waals surface area (Å²) < 4.78 is 23.5. The number of likely N-dealkylation sites (N-methyl/N-ethyl adjacent to an activating group) is 1. The molecule has 0 saturated heterocycles. The largest absolute Gasteiger partial charge is 0.756 e. The summed E-state index contributed by atoms with van der Waals surface area (Å²) in [6, 6.07) is -0.902. The number of carbonyl (C=O) groups excluding carboxylic acids is 1. The number of hydrogen-bond acceptors (Lipinski definition) is 6. The molecule has 0 aromatic carbocycles. The highest BCUT2D eigenvalue weighted by Gasteiger charge is 2.23. The van der Waals surface area contributed by atoms with Crippen molar-refractivity contribution in [1.29, 1.82) is 0 Å². The van der Waals surface area contributed by atoms with Crippen molar-refractivity contribution in [3.8, 4) is 0 Å². The molecule has 8 nitrogen and oxygen atoms in total. The van der Waals surface area contributed by atoms with Gasteiger partial charge in [0.05, 0.1) is 39.9 Å². The van der Waals surface area contributed by atoms with Gasteiger partial charge in [-0.2, -0.15) is 0 Å². The van der Waals surface area contributed by atoms with Crippen LogP contribution in [0.15, 0.2) is 24.3 Å². The molecule has 85 heavy (non-hydrogen) atoms. The number of aliphatic hydroxyl groups excluding tert-OH is 1. The highest BCUT2D eigenvalue weighted by molar-refractivity contribution is 7.45. The molecule has 0 rings (SSSR count). The number of aliphatic hydroxyl groups is 1. The smallest absolute Gasteiger partial charge is 0.268 e. The Labute approximate surface area is 532 Å². The fourth-order valence-corrected chi connectivity index (χ4v) is 12.7. The molecule has 0 aliphatic carbocycles. The number of allylic oxidation sites excluding steroid dienone is 3. The van der Waals surface area contributed by atoms with Gasteiger partial charge in [0.15, 0.2) is 0 Å². The normalized spacial score (nSPS) is 13.6. The first-order chi connectivity index (χ1) is 41.5. The number of unbranched alkanes of at least 4 members (excludes halogenated alkanes) is 57. The molecule has 3 atom stereocenters. The van der Waals surface area contributed by atoms with Gasteiger partial charge in [-0.05, 0) is 32.1 Å². The average molecular weight is 1220 g/mol. The summed E-state index contributed by atoms with van der Waals surface area (Å²) in [7, 11) is 1.27. The van der Waals surface area contributed by atoms with E-state index in [1.807, 2.05) is 27.2 Å². The summed E-state index contributed by atoms with van der Waals surface area (Å²) in [4.78, 5) is 25.7. The van der Waals surface area contributed by atoms with Crippen LogP contribution in [0.25, 0.3) is 0 Å². The number of nitrogens with one attached hydrogen (secondary N) is 1. The lowest BCUT2D eigenvalue weighted by Gasteiger charge is -2.29. The first-order valence-electron chi connectivity index (χ1n) is 38.2. The molecule has 0 aromatic rings. The van der Waals surface area contributed by atoms with E-state index in [2.05, 4.69) is 31.3 Å². The molecule has 0 radical (unpaired) electrons. The van der Waals surface area contributed by atoms with Crippen molar-refractivity contribution >= 4 is 13.7 Å². The summed E-state index contributed by atoms with van der Waals surface area (Å²) in [6.07, 6.45) is 89.2. The molecule has 0 aliphatic rings. The van der Waals surface area contributed by atoms with Gasteiger partial charge in [0.25, 0.3) is 7.82 Å². The highest BCUT2D eigenvalue weighted by atomic mass is 31.2. The van der Waals surface area contributed by atoms with Crippen LogP contribution in [0, 0.1) is 0 Å². The number of phosphoric ester groups is 1. The second kappa shape index (κ2) is 67.4. The van der Waals surface area contributed by atoms with E-state index >= 15 is 0 Å². The lowest BCUT2D eigenvalue weighted by atomic mass is 10.0. The van der Waals surface area contributed by atoms with Crippen LogP contribution in [0.4, 0.5) is 0 Å². The van der Waals surface area contributed by atoms with Crippen molar-refractivity contribution in [3.05, 3.63) is 24.3 Å². The van der Waals surface area contributed by atoms with E-state index in [4.69, 9.17) is 9.05 Å². The summed E-state index contributed by atoms with van der Waals surface area (Å²) >= 11 is 0. The molecule has 0 aromatic heterocycles. The number of rotatable bonds is 72. The third-order valence-electron chi connectivity index (χ3n) is 17.9. The zero-order valence-electron chi connectivity index (χ0n) is 58.1. The standard InChI is InChI=1S/C76H151N2O6P/c1-6-8-10-12-14-16-18-20-22-24-26-28-30-32-34-35-36-37-38-39-40-41-42-43-44-46-48-50-52-54-56-58-60-62-64-66-68-70-76(80)77-74(73-84-85(81,82)83-72-71-78(3,4)5)75(79)69-67-65-63-61-59-57-55-53-51-49-47-45-33-31-29-27-25-23-21-19-17-15-13-11-9-7-2/h59,61,67,69,74-75,79H,6-58,60,62-66,68,70-73H2,1-5H3,(H-,77,80,81,82)/b61-59+,69-67+. The zero-order chi connectivity index (χ0) is 61.9. The first-order valence-corrected chi connectivity index (χ1v) is 39.7. The van der Waals surface area contributed by atoms with Crippen LogP contribution in [0.3, 0.4) is 0 Å². The van der Waals surface area contributed by atoms with Gasteiger partial charge in [-0.3, -0.25) is 9.36 Å². The highest BCUT2D eigenvalue weighted by Crippen LogP contribution is 2.38. The molecule has 3 unspecified atom stereocenters.